The molecule has 0 atom stereocenters. The van der Waals surface area contributed by atoms with Crippen molar-refractivity contribution in [3.8, 4) is 0 Å². The number of hydrogen-bond acceptors (Lipinski definition) is 4. The molecule has 5 aliphatic rings. The van der Waals surface area contributed by atoms with Crippen LogP contribution < -0.4 is 9.80 Å². The van der Waals surface area contributed by atoms with Crippen molar-refractivity contribution in [1.82, 2.24) is 0 Å². The van der Waals surface area contributed by atoms with Crippen LogP contribution >= 0.6 is 0 Å². The first-order valence-electron chi connectivity index (χ1n) is 39.3. The Morgan fingerprint density at radius 3 is 0.709 bits per heavy atom. The van der Waals surface area contributed by atoms with Gasteiger partial charge in [-0.3, -0.25) is 0 Å². The lowest BCUT2D eigenvalue weighted by Gasteiger charge is -2.47. The molecule has 468 valence electrons. The normalized spacial score (nSPS) is 19.1. The highest BCUT2D eigenvalue weighted by atomic mass is 16.7. The minimum atomic E-state index is -0.969. The van der Waals surface area contributed by atoms with Crippen molar-refractivity contribution in [2.45, 2.75) is 90.1 Å². The van der Waals surface area contributed by atoms with Gasteiger partial charge in [-0.05, 0) is 392 Å². The van der Waals surface area contributed by atoms with E-state index in [0.717, 1.165) is 31.9 Å². The second-order valence-corrected chi connectivity index (χ2v) is 34.8. The van der Waals surface area contributed by atoms with Gasteiger partial charge in [0.25, 0.3) is 0 Å². The molecular formula is C99H51N3O. The largest absolute Gasteiger partial charge is 0.377 e. The van der Waals surface area contributed by atoms with Gasteiger partial charge in [0.15, 0.2) is 0 Å². The van der Waals surface area contributed by atoms with Gasteiger partial charge < -0.3 is 14.6 Å². The van der Waals surface area contributed by atoms with Crippen molar-refractivity contribution in [3.63, 3.8) is 0 Å². The summed E-state index contributed by atoms with van der Waals surface area (Å²) in [6.07, 6.45) is 19.2. The predicted molar refractivity (Wildman–Crippen MR) is 443 cm³/mol. The standard InChI is InChI=1S/C99H51N3O/c1-5-9-25-101(26-10-6-2)37-21-17-32(18-22-37)13-15-34-29-35(16-14-33-19-23-38(24-20-33)102(27-11-7-3)28-12-8-4)31-36(30-34)97-98-93-85-77-67-57-49-41-39-40-43-47-45(41)53-61-55(47)65-59-51(43)52-44(40)48-46-42(39)50(49)58-64-54(46)62-56(48)66-60(52)70-69(59)81-75(65)83-73(61)79(71(77)63(53)57)87(93)89(83)95-91(81)92-82(70)76(66)84-74(62)80-72(64)78(68(58)67)86(85)94(98)88(80)90(84)96(92)99(95,98)103-100-97/h13-24,29-31H,5-12,25-28H2,1-4H3/b15-13+,16-14+. The van der Waals surface area contributed by atoms with Crippen LogP contribution in [-0.2, 0) is 15.9 Å². The summed E-state index contributed by atoms with van der Waals surface area (Å²) in [4.78, 5) is 13.8. The Labute approximate surface area is 581 Å². The van der Waals surface area contributed by atoms with Crippen molar-refractivity contribution >= 4 is 332 Å². The van der Waals surface area contributed by atoms with Crippen molar-refractivity contribution in [2.75, 3.05) is 36.0 Å². The van der Waals surface area contributed by atoms with Crippen molar-refractivity contribution < 1.29 is 4.84 Å². The van der Waals surface area contributed by atoms with Crippen LogP contribution in [0.25, 0.3) is 315 Å². The number of nitrogens with zero attached hydrogens (tertiary/aromatic N) is 3. The molecule has 36 rings (SSSR count). The molecule has 31 aromatic carbocycles. The first-order valence-corrected chi connectivity index (χ1v) is 39.3. The fourth-order valence-electron chi connectivity index (χ4n) is 29.3. The zero-order valence-corrected chi connectivity index (χ0v) is 56.9. The minimum Gasteiger partial charge on any atom is -0.377 e. The third kappa shape index (κ3) is 3.62. The number of anilines is 2. The molecule has 0 bridgehead atoms. The molecule has 0 N–H and O–H groups in total. The van der Waals surface area contributed by atoms with Gasteiger partial charge in [-0.25, -0.2) is 0 Å². The lowest BCUT2D eigenvalue weighted by molar-refractivity contribution is -0.0122. The molecule has 4 nitrogen and oxygen atoms in total. The Kier molecular flexibility index (Phi) is 6.19. The van der Waals surface area contributed by atoms with E-state index in [1.54, 1.807) is 269 Å². The van der Waals surface area contributed by atoms with E-state index in [1.165, 1.54) is 134 Å². The third-order valence-corrected chi connectivity index (χ3v) is 31.7. The molecule has 0 amide bonds. The number of hydrogen-bond donors (Lipinski definition) is 0. The Hall–Kier alpha value is -11.3. The summed E-state index contributed by atoms with van der Waals surface area (Å²) in [6.45, 7) is 13.7. The van der Waals surface area contributed by atoms with Crippen LogP contribution in [0.3, 0.4) is 0 Å². The molecule has 0 fully saturated rings. The molecule has 31 aromatic rings. The smallest absolute Gasteiger partial charge is 0.209 e. The summed E-state index contributed by atoms with van der Waals surface area (Å²) in [5.41, 5.74) is 14.0. The molecule has 0 unspecified atom stereocenters. The van der Waals surface area contributed by atoms with Crippen molar-refractivity contribution in [1.29, 1.82) is 0 Å². The lowest BCUT2D eigenvalue weighted by Crippen LogP contribution is -2.54. The molecule has 103 heavy (non-hydrogen) atoms. The molecule has 1 heterocycles. The molecule has 4 heteroatoms. The highest BCUT2D eigenvalue weighted by Crippen LogP contribution is 2.86. The molecule has 0 radical (unpaired) electrons. The number of benzene rings is 21. The Morgan fingerprint density at radius 1 is 0.262 bits per heavy atom. The molecule has 4 aliphatic carbocycles. The van der Waals surface area contributed by atoms with Crippen LogP contribution in [-0.4, -0.2) is 31.9 Å². The monoisotopic (exact) mass is 1300 g/mol. The Balaban J connectivity index is 0.733. The van der Waals surface area contributed by atoms with Gasteiger partial charge in [0, 0.05) is 54.2 Å². The second kappa shape index (κ2) is 13.4. The second-order valence-electron chi connectivity index (χ2n) is 34.8. The van der Waals surface area contributed by atoms with Crippen molar-refractivity contribution in [2.24, 2.45) is 5.16 Å². The fourth-order valence-corrected chi connectivity index (χ4v) is 29.3. The van der Waals surface area contributed by atoms with E-state index in [2.05, 4.69) is 129 Å². The van der Waals surface area contributed by atoms with Crippen LogP contribution in [0, 0.1) is 0 Å². The quantitative estimate of drug-likeness (QED) is 0.0597. The summed E-state index contributed by atoms with van der Waals surface area (Å²) in [6, 6.07) is 26.5. The van der Waals surface area contributed by atoms with E-state index in [1.807, 2.05) is 0 Å². The fraction of sp³-hybridized carbons (Fsp3) is 0.182. The summed E-state index contributed by atoms with van der Waals surface area (Å²) in [5, 5.41) is 92.0. The van der Waals surface area contributed by atoms with Gasteiger partial charge in [-0.15, -0.1) is 0 Å². The van der Waals surface area contributed by atoms with Gasteiger partial charge in [0.1, 0.15) is 11.1 Å². The van der Waals surface area contributed by atoms with E-state index >= 15 is 0 Å². The maximum absolute atomic E-state index is 8.55. The first kappa shape index (κ1) is 47.7. The van der Waals surface area contributed by atoms with E-state index in [-0.39, 0.29) is 0 Å². The van der Waals surface area contributed by atoms with Crippen LogP contribution in [0.5, 0.6) is 0 Å². The average molecular weight is 1300 g/mol. The lowest BCUT2D eigenvalue weighted by atomic mass is 9.52. The topological polar surface area (TPSA) is 28.1 Å². The summed E-state index contributed by atoms with van der Waals surface area (Å²) >= 11 is 0. The van der Waals surface area contributed by atoms with Gasteiger partial charge in [-0.1, -0.05) is 107 Å². The van der Waals surface area contributed by atoms with E-state index < -0.39 is 11.0 Å². The summed E-state index contributed by atoms with van der Waals surface area (Å²) in [5.74, 6) is 0. The Morgan fingerprint density at radius 2 is 0.476 bits per heavy atom. The van der Waals surface area contributed by atoms with Gasteiger partial charge in [-0.2, -0.15) is 0 Å². The molecule has 2 spiro atoms. The molecule has 0 aromatic heterocycles. The van der Waals surface area contributed by atoms with Gasteiger partial charge in [0.2, 0.25) is 5.60 Å². The SMILES string of the molecule is CCCCN(CCCC)c1ccc(/C=C/c2cc(/C=C/c3ccc(N(CCCC)CCCC)cc3)cc(C3=NOC45c6c7c8c9c%10c%11c(c%12c%13c4c4c6c6c%14c7c7c8c8c%10c%10c%15c%11c%11c%12c%12c%13c%13c4c4c6c6c%14c%14c7c7c8c%10c8c%10c%15c%11c%11c%12c%12c%13c4c4c6c6c%14c7c8c7c%10c%11c%12c4c67)C395)c2)cc1. The van der Waals surface area contributed by atoms with Crippen LogP contribution in [0.15, 0.2) is 71.9 Å². The van der Waals surface area contributed by atoms with Crippen molar-refractivity contribution in [3.05, 3.63) is 117 Å². The molecular weight excluding hydrogens is 1250 g/mol. The van der Waals surface area contributed by atoms with E-state index in [0.29, 0.717) is 0 Å². The predicted octanol–water partition coefficient (Wildman–Crippen LogP) is 26.8. The maximum atomic E-state index is 8.55. The first-order chi connectivity index (χ1) is 51.1. The Bertz CT molecular complexity index is 8660. The molecule has 0 saturated carbocycles. The minimum absolute atomic E-state index is 0.823. The third-order valence-electron chi connectivity index (χ3n) is 31.7. The number of unbranched alkanes of at least 4 members (excludes halogenated alkanes) is 4. The summed E-state index contributed by atoms with van der Waals surface area (Å²) < 4.78 is 0. The van der Waals surface area contributed by atoms with E-state index in [9.17, 15) is 0 Å². The van der Waals surface area contributed by atoms with Crippen LogP contribution in [0.4, 0.5) is 11.4 Å². The molecule has 1 aliphatic heterocycles. The summed E-state index contributed by atoms with van der Waals surface area (Å²) in [7, 11) is 0. The van der Waals surface area contributed by atoms with E-state index in [4.69, 9.17) is 9.99 Å². The number of rotatable bonds is 19. The number of oxime groups is 1. The zero-order valence-electron chi connectivity index (χ0n) is 56.9. The molecule has 0 saturated heterocycles. The highest BCUT2D eigenvalue weighted by molar-refractivity contribution is 6.82. The maximum Gasteiger partial charge on any atom is 0.209 e. The van der Waals surface area contributed by atoms with Crippen LogP contribution in [0.1, 0.15) is 129 Å². The van der Waals surface area contributed by atoms with Crippen LogP contribution in [0.2, 0.25) is 0 Å². The van der Waals surface area contributed by atoms with Gasteiger partial charge in [0.05, 0.1) is 0 Å². The highest BCUT2D eigenvalue weighted by Gasteiger charge is 2.76. The average Bonchev–Trinajstić information content (AvgIpc) is 1.38. The van der Waals surface area contributed by atoms with Gasteiger partial charge >= 0.3 is 0 Å². The zero-order chi connectivity index (χ0) is 64.8.